The van der Waals surface area contributed by atoms with Crippen LogP contribution in [0, 0.1) is 13.8 Å². The molecule has 2 rings (SSSR count). The van der Waals surface area contributed by atoms with E-state index in [0.717, 1.165) is 26.9 Å². The fourth-order valence-electron chi connectivity index (χ4n) is 1.95. The molecular weight excluding hydrogens is 334 g/mol. The lowest BCUT2D eigenvalue weighted by molar-refractivity contribution is 0.921. The molecule has 0 saturated heterocycles. The summed E-state index contributed by atoms with van der Waals surface area (Å²) in [5.41, 5.74) is 4.52. The number of hydrogen-bond donors (Lipinski definition) is 2. The van der Waals surface area contributed by atoms with Crippen molar-refractivity contribution in [1.29, 1.82) is 0 Å². The zero-order valence-corrected chi connectivity index (χ0v) is 13.8. The molecule has 0 amide bonds. The van der Waals surface area contributed by atoms with Crippen LogP contribution in [0.25, 0.3) is 0 Å². The van der Waals surface area contributed by atoms with Crippen molar-refractivity contribution in [2.45, 2.75) is 20.4 Å². The molecule has 2 aromatic rings. The molecular formula is C15H16BrN3S. The molecule has 20 heavy (non-hydrogen) atoms. The van der Waals surface area contributed by atoms with Crippen LogP contribution in [0.1, 0.15) is 16.7 Å². The minimum absolute atomic E-state index is 0.621. The minimum Gasteiger partial charge on any atom is -0.358 e. The maximum Gasteiger partial charge on any atom is 0.171 e. The van der Waals surface area contributed by atoms with Crippen molar-refractivity contribution in [3.63, 3.8) is 0 Å². The highest BCUT2D eigenvalue weighted by Gasteiger charge is 2.06. The number of pyridine rings is 1. The number of rotatable bonds is 3. The fraction of sp³-hybridized carbons (Fsp3) is 0.200. The fourth-order valence-corrected chi connectivity index (χ4v) is 2.81. The third-order valence-electron chi connectivity index (χ3n) is 2.94. The molecule has 5 heteroatoms. The summed E-state index contributed by atoms with van der Waals surface area (Å²) < 4.78 is 1.08. The summed E-state index contributed by atoms with van der Waals surface area (Å²) in [6.45, 7) is 4.81. The smallest absolute Gasteiger partial charge is 0.171 e. The number of nitrogens with one attached hydrogen (secondary N) is 2. The molecule has 1 heterocycles. The Labute approximate surface area is 132 Å². The van der Waals surface area contributed by atoms with Crippen LogP contribution in [0.5, 0.6) is 0 Å². The molecule has 2 N–H and O–H groups in total. The molecule has 104 valence electrons. The number of aryl methyl sites for hydroxylation is 2. The Hall–Kier alpha value is -1.46. The number of benzene rings is 1. The van der Waals surface area contributed by atoms with Gasteiger partial charge in [0.1, 0.15) is 0 Å². The van der Waals surface area contributed by atoms with Gasteiger partial charge in [-0.1, -0.05) is 15.9 Å². The van der Waals surface area contributed by atoms with Crippen LogP contribution in [0.3, 0.4) is 0 Å². The summed E-state index contributed by atoms with van der Waals surface area (Å²) in [6.07, 6.45) is 3.55. The van der Waals surface area contributed by atoms with Gasteiger partial charge in [-0.3, -0.25) is 4.98 Å². The lowest BCUT2D eigenvalue weighted by Crippen LogP contribution is -2.28. The summed E-state index contributed by atoms with van der Waals surface area (Å²) in [7, 11) is 0. The van der Waals surface area contributed by atoms with E-state index in [4.69, 9.17) is 12.2 Å². The van der Waals surface area contributed by atoms with E-state index in [-0.39, 0.29) is 0 Å². The second-order valence-corrected chi connectivity index (χ2v) is 5.90. The van der Waals surface area contributed by atoms with E-state index in [2.05, 4.69) is 57.5 Å². The van der Waals surface area contributed by atoms with E-state index in [9.17, 15) is 0 Å². The number of thiocarbonyl (C=S) groups is 1. The van der Waals surface area contributed by atoms with Gasteiger partial charge in [-0.2, -0.15) is 0 Å². The maximum atomic E-state index is 5.34. The van der Waals surface area contributed by atoms with Gasteiger partial charge in [-0.15, -0.1) is 0 Å². The monoisotopic (exact) mass is 349 g/mol. The van der Waals surface area contributed by atoms with Gasteiger partial charge in [0, 0.05) is 29.1 Å². The number of nitrogens with zero attached hydrogens (tertiary/aromatic N) is 1. The number of anilines is 1. The highest BCUT2D eigenvalue weighted by Crippen LogP contribution is 2.24. The standard InChI is InChI=1S/C15H16BrN3S/c1-10-7-13(16)8-11(2)14(10)19-15(20)18-9-12-3-5-17-6-4-12/h3-8H,9H2,1-2H3,(H2,18,19,20). The van der Waals surface area contributed by atoms with Gasteiger partial charge in [0.25, 0.3) is 0 Å². The molecule has 1 aromatic heterocycles. The van der Waals surface area contributed by atoms with Gasteiger partial charge in [0.2, 0.25) is 0 Å². The Morgan fingerprint density at radius 3 is 2.40 bits per heavy atom. The van der Waals surface area contributed by atoms with Crippen LogP contribution < -0.4 is 10.6 Å². The van der Waals surface area contributed by atoms with Crippen LogP contribution in [-0.4, -0.2) is 10.1 Å². The van der Waals surface area contributed by atoms with Gasteiger partial charge in [-0.25, -0.2) is 0 Å². The van der Waals surface area contributed by atoms with E-state index in [0.29, 0.717) is 11.7 Å². The number of halogens is 1. The molecule has 0 spiro atoms. The molecule has 0 radical (unpaired) electrons. The van der Waals surface area contributed by atoms with Crippen molar-refractivity contribution in [3.05, 3.63) is 57.8 Å². The van der Waals surface area contributed by atoms with E-state index in [1.807, 2.05) is 12.1 Å². The van der Waals surface area contributed by atoms with Gasteiger partial charge in [0.15, 0.2) is 5.11 Å². The Balaban J connectivity index is 1.98. The van der Waals surface area contributed by atoms with E-state index in [1.165, 1.54) is 0 Å². The third kappa shape index (κ3) is 4.02. The summed E-state index contributed by atoms with van der Waals surface area (Å²) in [6, 6.07) is 8.07. The average molecular weight is 350 g/mol. The van der Waals surface area contributed by atoms with Gasteiger partial charge < -0.3 is 10.6 Å². The molecule has 0 saturated carbocycles. The molecule has 0 aliphatic rings. The zero-order chi connectivity index (χ0) is 14.5. The highest BCUT2D eigenvalue weighted by atomic mass is 79.9. The molecule has 3 nitrogen and oxygen atoms in total. The Kier molecular flexibility index (Phi) is 5.09. The first kappa shape index (κ1) is 14.9. The van der Waals surface area contributed by atoms with Crippen molar-refractivity contribution >= 4 is 38.9 Å². The second-order valence-electron chi connectivity index (χ2n) is 4.58. The van der Waals surface area contributed by atoms with Crippen molar-refractivity contribution in [2.24, 2.45) is 0 Å². The number of aromatic nitrogens is 1. The van der Waals surface area contributed by atoms with Crippen LogP contribution in [0.4, 0.5) is 5.69 Å². The van der Waals surface area contributed by atoms with Gasteiger partial charge in [0.05, 0.1) is 0 Å². The number of hydrogen-bond acceptors (Lipinski definition) is 2. The molecule has 0 bridgehead atoms. The summed E-state index contributed by atoms with van der Waals surface area (Å²) >= 11 is 8.83. The molecule has 0 atom stereocenters. The second kappa shape index (κ2) is 6.81. The van der Waals surface area contributed by atoms with Gasteiger partial charge in [-0.05, 0) is 67.0 Å². The Bertz CT molecular complexity index is 591. The molecule has 0 aliphatic carbocycles. The van der Waals surface area contributed by atoms with Crippen molar-refractivity contribution < 1.29 is 0 Å². The summed E-state index contributed by atoms with van der Waals surface area (Å²) in [5, 5.41) is 7.08. The maximum absolute atomic E-state index is 5.34. The van der Waals surface area contributed by atoms with Crippen LogP contribution >= 0.6 is 28.1 Å². The first-order chi connectivity index (χ1) is 9.56. The van der Waals surface area contributed by atoms with Crippen molar-refractivity contribution in [3.8, 4) is 0 Å². The minimum atomic E-state index is 0.621. The van der Waals surface area contributed by atoms with E-state index < -0.39 is 0 Å². The van der Waals surface area contributed by atoms with Crippen LogP contribution in [0.2, 0.25) is 0 Å². The lowest BCUT2D eigenvalue weighted by atomic mass is 10.1. The molecule has 0 aliphatic heterocycles. The first-order valence-electron chi connectivity index (χ1n) is 6.27. The van der Waals surface area contributed by atoms with Crippen molar-refractivity contribution in [1.82, 2.24) is 10.3 Å². The Morgan fingerprint density at radius 1 is 1.20 bits per heavy atom. The largest absolute Gasteiger partial charge is 0.358 e. The average Bonchev–Trinajstić information content (AvgIpc) is 2.42. The van der Waals surface area contributed by atoms with Gasteiger partial charge >= 0.3 is 0 Å². The SMILES string of the molecule is Cc1cc(Br)cc(C)c1NC(=S)NCc1ccncc1. The van der Waals surface area contributed by atoms with E-state index >= 15 is 0 Å². The summed E-state index contributed by atoms with van der Waals surface area (Å²) in [4.78, 5) is 3.99. The predicted molar refractivity (Wildman–Crippen MR) is 90.9 cm³/mol. The topological polar surface area (TPSA) is 37.0 Å². The van der Waals surface area contributed by atoms with E-state index in [1.54, 1.807) is 12.4 Å². The van der Waals surface area contributed by atoms with Crippen molar-refractivity contribution in [2.75, 3.05) is 5.32 Å². The molecule has 0 fully saturated rings. The summed E-state index contributed by atoms with van der Waals surface area (Å²) in [5.74, 6) is 0. The highest BCUT2D eigenvalue weighted by molar-refractivity contribution is 9.10. The lowest BCUT2D eigenvalue weighted by Gasteiger charge is -2.15. The Morgan fingerprint density at radius 2 is 1.80 bits per heavy atom. The molecule has 0 unspecified atom stereocenters. The predicted octanol–water partition coefficient (Wildman–Crippen LogP) is 3.95. The quantitative estimate of drug-likeness (QED) is 0.822. The third-order valence-corrected chi connectivity index (χ3v) is 3.64. The first-order valence-corrected chi connectivity index (χ1v) is 7.47. The zero-order valence-electron chi connectivity index (χ0n) is 11.4. The normalized spacial score (nSPS) is 10.2. The van der Waals surface area contributed by atoms with Crippen LogP contribution in [0.15, 0.2) is 41.1 Å². The van der Waals surface area contributed by atoms with Crippen LogP contribution in [-0.2, 0) is 6.54 Å². The molecule has 1 aromatic carbocycles.